The zero-order chi connectivity index (χ0) is 12.3. The van der Waals surface area contributed by atoms with Crippen molar-refractivity contribution in [3.05, 3.63) is 20.8 Å². The molecule has 0 atom stereocenters. The van der Waals surface area contributed by atoms with Crippen LogP contribution in [-0.2, 0) is 0 Å². The third kappa shape index (κ3) is 3.32. The molecule has 1 aliphatic carbocycles. The van der Waals surface area contributed by atoms with Gasteiger partial charge in [0, 0.05) is 5.33 Å². The minimum absolute atomic E-state index is 0.0359. The monoisotopic (exact) mass is 379 g/mol. The maximum atomic E-state index is 12.1. The summed E-state index contributed by atoms with van der Waals surface area (Å²) in [6, 6.07) is 3.79. The molecule has 0 unspecified atom stereocenters. The number of hydrogen-bond donors (Lipinski definition) is 1. The molecule has 2 rings (SSSR count). The minimum Gasteiger partial charge on any atom is -0.345 e. The lowest BCUT2D eigenvalue weighted by Gasteiger charge is -2.36. The minimum atomic E-state index is -0.0359. The third-order valence-electron chi connectivity index (χ3n) is 3.24. The van der Waals surface area contributed by atoms with Gasteiger partial charge in [-0.1, -0.05) is 35.2 Å². The van der Waals surface area contributed by atoms with Crippen LogP contribution in [0.25, 0.3) is 0 Å². The quantitative estimate of drug-likeness (QED) is 0.776. The van der Waals surface area contributed by atoms with Gasteiger partial charge in [0.1, 0.15) is 0 Å². The van der Waals surface area contributed by atoms with Gasteiger partial charge in [0.05, 0.1) is 14.2 Å². The predicted octanol–water partition coefficient (Wildman–Crippen LogP) is 4.34. The standard InChI is InChI=1S/C12H15Br2NOS/c13-8-12(6-2-1-3-7-12)15-11(16)9-4-5-10(14)17-9/h4-5H,1-3,6-8H2,(H,15,16). The Morgan fingerprint density at radius 1 is 1.35 bits per heavy atom. The maximum absolute atomic E-state index is 12.1. The Morgan fingerprint density at radius 2 is 2.06 bits per heavy atom. The van der Waals surface area contributed by atoms with Crippen LogP contribution in [0.4, 0.5) is 0 Å². The first kappa shape index (κ1) is 13.6. The molecule has 1 aliphatic rings. The predicted molar refractivity (Wildman–Crippen MR) is 79.1 cm³/mol. The third-order valence-corrected chi connectivity index (χ3v) is 5.94. The molecule has 1 fully saturated rings. The summed E-state index contributed by atoms with van der Waals surface area (Å²) in [4.78, 5) is 12.9. The summed E-state index contributed by atoms with van der Waals surface area (Å²) in [5.74, 6) is 0.0575. The van der Waals surface area contributed by atoms with Crippen LogP contribution in [0.3, 0.4) is 0 Å². The fourth-order valence-corrected chi connectivity index (χ4v) is 4.24. The van der Waals surface area contributed by atoms with Gasteiger partial charge in [0.25, 0.3) is 5.91 Å². The molecule has 2 nitrogen and oxygen atoms in total. The lowest BCUT2D eigenvalue weighted by Crippen LogP contribution is -2.51. The van der Waals surface area contributed by atoms with Crippen molar-refractivity contribution in [2.24, 2.45) is 0 Å². The Balaban J connectivity index is 2.05. The molecule has 1 saturated carbocycles. The van der Waals surface area contributed by atoms with Crippen LogP contribution in [0.5, 0.6) is 0 Å². The van der Waals surface area contributed by atoms with Gasteiger partial charge in [-0.2, -0.15) is 0 Å². The van der Waals surface area contributed by atoms with Crippen molar-refractivity contribution in [2.75, 3.05) is 5.33 Å². The smallest absolute Gasteiger partial charge is 0.261 e. The van der Waals surface area contributed by atoms with Gasteiger partial charge in [0.15, 0.2) is 0 Å². The van der Waals surface area contributed by atoms with E-state index in [1.807, 2.05) is 12.1 Å². The first-order valence-corrected chi connectivity index (χ1v) is 8.52. The molecule has 0 aromatic carbocycles. The summed E-state index contributed by atoms with van der Waals surface area (Å²) in [7, 11) is 0. The van der Waals surface area contributed by atoms with E-state index in [0.29, 0.717) is 0 Å². The second kappa shape index (κ2) is 5.85. The molecule has 0 spiro atoms. The van der Waals surface area contributed by atoms with Crippen LogP contribution in [-0.4, -0.2) is 16.8 Å². The summed E-state index contributed by atoms with van der Waals surface area (Å²) in [5.41, 5.74) is -0.0359. The van der Waals surface area contributed by atoms with Crippen LogP contribution < -0.4 is 5.32 Å². The fourth-order valence-electron chi connectivity index (χ4n) is 2.26. The largest absolute Gasteiger partial charge is 0.345 e. The number of halogens is 2. The van der Waals surface area contributed by atoms with Gasteiger partial charge >= 0.3 is 0 Å². The number of rotatable bonds is 3. The van der Waals surface area contributed by atoms with Crippen molar-refractivity contribution in [1.82, 2.24) is 5.32 Å². The van der Waals surface area contributed by atoms with Crippen LogP contribution in [0.15, 0.2) is 15.9 Å². The highest BCUT2D eigenvalue weighted by Gasteiger charge is 2.32. The average Bonchev–Trinajstić information content (AvgIpc) is 2.77. The van der Waals surface area contributed by atoms with Crippen molar-refractivity contribution < 1.29 is 4.79 Å². The van der Waals surface area contributed by atoms with E-state index < -0.39 is 0 Å². The van der Waals surface area contributed by atoms with Crippen LogP contribution in [0.1, 0.15) is 41.8 Å². The summed E-state index contributed by atoms with van der Waals surface area (Å²) < 4.78 is 0.999. The zero-order valence-corrected chi connectivity index (χ0v) is 13.5. The van der Waals surface area contributed by atoms with Crippen LogP contribution in [0, 0.1) is 0 Å². The molecule has 1 heterocycles. The Kier molecular flexibility index (Phi) is 4.66. The molecule has 1 amide bonds. The van der Waals surface area contributed by atoms with Gasteiger partial charge in [-0.05, 0) is 40.9 Å². The lowest BCUT2D eigenvalue weighted by atomic mass is 9.83. The SMILES string of the molecule is O=C(NC1(CBr)CCCCC1)c1ccc(Br)s1. The molecule has 1 aromatic heterocycles. The van der Waals surface area contributed by atoms with Crippen LogP contribution in [0.2, 0.25) is 0 Å². The van der Waals surface area contributed by atoms with Crippen molar-refractivity contribution in [1.29, 1.82) is 0 Å². The molecule has 5 heteroatoms. The van der Waals surface area contributed by atoms with Gasteiger partial charge < -0.3 is 5.32 Å². The topological polar surface area (TPSA) is 29.1 Å². The average molecular weight is 381 g/mol. The highest BCUT2D eigenvalue weighted by Crippen LogP contribution is 2.31. The lowest BCUT2D eigenvalue weighted by molar-refractivity contribution is 0.0890. The number of nitrogens with one attached hydrogen (secondary N) is 1. The van der Waals surface area contributed by atoms with E-state index in [2.05, 4.69) is 37.2 Å². The van der Waals surface area contributed by atoms with E-state index in [1.165, 1.54) is 30.6 Å². The van der Waals surface area contributed by atoms with Gasteiger partial charge in [-0.15, -0.1) is 11.3 Å². The number of amides is 1. The molecule has 94 valence electrons. The molecule has 1 N–H and O–H groups in total. The van der Waals surface area contributed by atoms with Crippen molar-refractivity contribution in [3.8, 4) is 0 Å². The summed E-state index contributed by atoms with van der Waals surface area (Å²) in [6.45, 7) is 0. The van der Waals surface area contributed by atoms with E-state index in [0.717, 1.165) is 26.8 Å². The molecule has 1 aromatic rings. The van der Waals surface area contributed by atoms with Crippen LogP contribution >= 0.6 is 43.2 Å². The molecule has 0 aliphatic heterocycles. The first-order chi connectivity index (χ1) is 8.15. The Bertz CT molecular complexity index is 399. The number of carbonyl (C=O) groups is 1. The maximum Gasteiger partial charge on any atom is 0.261 e. The molecule has 0 radical (unpaired) electrons. The molecule has 0 bridgehead atoms. The highest BCUT2D eigenvalue weighted by molar-refractivity contribution is 9.11. The Morgan fingerprint density at radius 3 is 2.59 bits per heavy atom. The number of carbonyl (C=O) groups excluding carboxylic acids is 1. The highest BCUT2D eigenvalue weighted by atomic mass is 79.9. The second-order valence-electron chi connectivity index (χ2n) is 4.53. The van der Waals surface area contributed by atoms with E-state index in [4.69, 9.17) is 0 Å². The van der Waals surface area contributed by atoms with Gasteiger partial charge in [-0.3, -0.25) is 4.79 Å². The molecular formula is C12H15Br2NOS. The van der Waals surface area contributed by atoms with Crippen molar-refractivity contribution in [2.45, 2.75) is 37.6 Å². The second-order valence-corrected chi connectivity index (χ2v) is 7.56. The van der Waals surface area contributed by atoms with E-state index in [1.54, 1.807) is 0 Å². The molecule has 17 heavy (non-hydrogen) atoms. The number of alkyl halides is 1. The number of hydrogen-bond acceptors (Lipinski definition) is 2. The van der Waals surface area contributed by atoms with Gasteiger partial charge in [-0.25, -0.2) is 0 Å². The van der Waals surface area contributed by atoms with Gasteiger partial charge in [0.2, 0.25) is 0 Å². The summed E-state index contributed by atoms with van der Waals surface area (Å²) >= 11 is 8.42. The van der Waals surface area contributed by atoms with E-state index in [9.17, 15) is 4.79 Å². The fraction of sp³-hybridized carbons (Fsp3) is 0.583. The molecular weight excluding hydrogens is 366 g/mol. The van der Waals surface area contributed by atoms with Crippen molar-refractivity contribution in [3.63, 3.8) is 0 Å². The normalized spacial score (nSPS) is 18.9. The van der Waals surface area contributed by atoms with Crippen molar-refractivity contribution >= 4 is 49.1 Å². The zero-order valence-electron chi connectivity index (χ0n) is 9.47. The Labute approximate surface area is 122 Å². The number of thiophene rings is 1. The van der Waals surface area contributed by atoms with E-state index >= 15 is 0 Å². The Hall–Kier alpha value is 0.130. The van der Waals surface area contributed by atoms with E-state index in [-0.39, 0.29) is 11.4 Å². The molecule has 0 saturated heterocycles. The summed E-state index contributed by atoms with van der Waals surface area (Å²) in [6.07, 6.45) is 5.86. The summed E-state index contributed by atoms with van der Waals surface area (Å²) in [5, 5.41) is 4.06. The first-order valence-electron chi connectivity index (χ1n) is 5.79.